The van der Waals surface area contributed by atoms with Crippen molar-refractivity contribution >= 4 is 34.7 Å². The maximum Gasteiger partial charge on any atom is 0.439 e. The summed E-state index contributed by atoms with van der Waals surface area (Å²) in [4.78, 5) is 80.3. The van der Waals surface area contributed by atoms with Gasteiger partial charge in [0.25, 0.3) is 28.4 Å². The molecule has 47 heavy (non-hydrogen) atoms. The Hall–Kier alpha value is -6.72. The number of hydrogen-bond acceptors (Lipinski definition) is 12. The van der Waals surface area contributed by atoms with E-state index < -0.39 is 39.9 Å². The molecule has 1 aliphatic carbocycles. The molecule has 18 heteroatoms. The number of hydrogen-bond donors (Lipinski definition) is 6. The van der Waals surface area contributed by atoms with Crippen LogP contribution in [-0.2, 0) is 13.0 Å². The molecule has 1 aliphatic rings. The van der Waals surface area contributed by atoms with Crippen molar-refractivity contribution in [3.8, 4) is 11.4 Å². The number of nitrogens with zero attached hydrogens (tertiary/aromatic N) is 4. The smallest absolute Gasteiger partial charge is 0.394 e. The topological polar surface area (TPSA) is 252 Å². The van der Waals surface area contributed by atoms with Gasteiger partial charge in [-0.25, -0.2) is 28.5 Å². The van der Waals surface area contributed by atoms with Gasteiger partial charge in [-0.2, -0.15) is 0 Å². The molecule has 0 saturated carbocycles. The van der Waals surface area contributed by atoms with Gasteiger partial charge in [-0.15, -0.1) is 5.10 Å². The molecule has 0 spiro atoms. The summed E-state index contributed by atoms with van der Waals surface area (Å²) in [6, 6.07) is 9.94. The average molecular weight is 641 g/mol. The van der Waals surface area contributed by atoms with Crippen molar-refractivity contribution in [3.63, 3.8) is 0 Å². The first-order valence-electron chi connectivity index (χ1n) is 14.0. The minimum atomic E-state index is -0.874. The second-order valence-electron chi connectivity index (χ2n) is 10.7. The molecule has 3 aromatic carbocycles. The SMILES string of the molecule is Nc1c(Nc2cc(CNC(=O)c3cc(C(=O)N[C@H]4CCc5cc(-c6noc(=O)[nH]6)ccc54)nc4n[nH]c(=O)n34)ccc2F)c(=O)c1=O. The van der Waals surface area contributed by atoms with E-state index in [2.05, 4.69) is 45.8 Å². The van der Waals surface area contributed by atoms with Crippen LogP contribution in [0, 0.1) is 5.82 Å². The predicted octanol–water partition coefficient (Wildman–Crippen LogP) is 0.169. The van der Waals surface area contributed by atoms with Gasteiger partial charge in [0.15, 0.2) is 5.82 Å². The molecule has 236 valence electrons. The van der Waals surface area contributed by atoms with Crippen molar-refractivity contribution < 1.29 is 18.5 Å². The number of aryl methyl sites for hydroxylation is 1. The number of H-pyrrole nitrogens is 2. The van der Waals surface area contributed by atoms with Crippen LogP contribution in [0.5, 0.6) is 0 Å². The van der Waals surface area contributed by atoms with E-state index in [0.717, 1.165) is 27.7 Å². The minimum Gasteiger partial charge on any atom is -0.394 e. The van der Waals surface area contributed by atoms with Gasteiger partial charge >= 0.3 is 11.4 Å². The lowest BCUT2D eigenvalue weighted by Gasteiger charge is -2.15. The quantitative estimate of drug-likeness (QED) is 0.122. The Balaban J connectivity index is 1.09. The van der Waals surface area contributed by atoms with Crippen LogP contribution in [0.3, 0.4) is 0 Å². The molecule has 0 radical (unpaired) electrons. The zero-order valence-corrected chi connectivity index (χ0v) is 23.8. The van der Waals surface area contributed by atoms with E-state index in [1.807, 2.05) is 12.1 Å². The van der Waals surface area contributed by atoms with Gasteiger partial charge in [0, 0.05) is 12.1 Å². The normalized spacial score (nSPS) is 13.9. The number of halogens is 1. The zero-order chi connectivity index (χ0) is 33.0. The molecule has 0 fully saturated rings. The number of rotatable bonds is 8. The molecule has 0 unspecified atom stereocenters. The number of carbonyl (C=O) groups is 2. The largest absolute Gasteiger partial charge is 0.439 e. The number of anilines is 3. The molecule has 3 aromatic heterocycles. The Kier molecular flexibility index (Phi) is 6.80. The van der Waals surface area contributed by atoms with Crippen molar-refractivity contribution in [1.82, 2.24) is 40.4 Å². The highest BCUT2D eigenvalue weighted by Crippen LogP contribution is 2.33. The second kappa shape index (κ2) is 11.0. The first kappa shape index (κ1) is 29.0. The zero-order valence-electron chi connectivity index (χ0n) is 23.8. The minimum absolute atomic E-state index is 0.148. The van der Waals surface area contributed by atoms with Gasteiger partial charge < -0.3 is 21.7 Å². The molecule has 6 aromatic rings. The Morgan fingerprint density at radius 2 is 1.89 bits per heavy atom. The molecular formula is C29H21FN10O7. The molecular weight excluding hydrogens is 619 g/mol. The number of aromatic nitrogens is 6. The van der Waals surface area contributed by atoms with Gasteiger partial charge in [-0.1, -0.05) is 23.4 Å². The molecule has 3 heterocycles. The second-order valence-corrected chi connectivity index (χ2v) is 10.7. The lowest BCUT2D eigenvalue weighted by atomic mass is 10.0. The fraction of sp³-hybridized carbons (Fsp3) is 0.138. The van der Waals surface area contributed by atoms with Crippen LogP contribution in [0.15, 0.2) is 66.2 Å². The van der Waals surface area contributed by atoms with E-state index in [0.29, 0.717) is 24.0 Å². The summed E-state index contributed by atoms with van der Waals surface area (Å²) in [5.41, 5.74) is 4.72. The van der Waals surface area contributed by atoms with Gasteiger partial charge in [0.05, 0.1) is 11.7 Å². The summed E-state index contributed by atoms with van der Waals surface area (Å²) in [5, 5.41) is 17.7. The Labute approximate surface area is 259 Å². The van der Waals surface area contributed by atoms with Crippen LogP contribution in [0.25, 0.3) is 17.2 Å². The molecule has 1 atom stereocenters. The maximum absolute atomic E-state index is 14.4. The number of fused-ring (bicyclic) bond motifs is 2. The fourth-order valence-corrected chi connectivity index (χ4v) is 5.42. The van der Waals surface area contributed by atoms with Crippen molar-refractivity contribution in [2.24, 2.45) is 0 Å². The van der Waals surface area contributed by atoms with Gasteiger partial charge in [-0.3, -0.25) is 28.7 Å². The van der Waals surface area contributed by atoms with Gasteiger partial charge in [0.2, 0.25) is 0 Å². The lowest BCUT2D eigenvalue weighted by Crippen LogP contribution is -2.36. The third kappa shape index (κ3) is 5.12. The van der Waals surface area contributed by atoms with E-state index in [9.17, 15) is 33.2 Å². The number of nitrogens with one attached hydrogen (secondary N) is 5. The summed E-state index contributed by atoms with van der Waals surface area (Å²) in [7, 11) is 0. The van der Waals surface area contributed by atoms with Crippen LogP contribution in [0.1, 0.15) is 50.1 Å². The van der Waals surface area contributed by atoms with E-state index in [1.54, 1.807) is 6.07 Å². The molecule has 7 rings (SSSR count). The van der Waals surface area contributed by atoms with Crippen LogP contribution in [-0.4, -0.2) is 41.5 Å². The highest BCUT2D eigenvalue weighted by molar-refractivity contribution is 5.98. The Morgan fingerprint density at radius 1 is 1.06 bits per heavy atom. The first-order valence-corrected chi connectivity index (χ1v) is 14.0. The molecule has 0 saturated heterocycles. The Bertz CT molecular complexity index is 2450. The number of benzene rings is 2. The van der Waals surface area contributed by atoms with Crippen molar-refractivity contribution in [2.75, 3.05) is 11.1 Å². The van der Waals surface area contributed by atoms with Crippen molar-refractivity contribution in [2.45, 2.75) is 25.4 Å². The third-order valence-electron chi connectivity index (χ3n) is 7.79. The van der Waals surface area contributed by atoms with Crippen LogP contribution >= 0.6 is 0 Å². The summed E-state index contributed by atoms with van der Waals surface area (Å²) >= 11 is 0. The molecule has 7 N–H and O–H groups in total. The molecule has 17 nitrogen and oxygen atoms in total. The first-order chi connectivity index (χ1) is 22.6. The van der Waals surface area contributed by atoms with Crippen LogP contribution in [0.2, 0.25) is 0 Å². The van der Waals surface area contributed by atoms with E-state index in [4.69, 9.17) is 5.73 Å². The fourth-order valence-electron chi connectivity index (χ4n) is 5.42. The number of nitrogen functional groups attached to an aromatic ring is 1. The predicted molar refractivity (Wildman–Crippen MR) is 161 cm³/mol. The van der Waals surface area contributed by atoms with E-state index in [1.165, 1.54) is 12.1 Å². The molecule has 2 amide bonds. The number of aromatic amines is 2. The van der Waals surface area contributed by atoms with Gasteiger partial charge in [0.1, 0.15) is 28.6 Å². The lowest BCUT2D eigenvalue weighted by molar-refractivity contribution is 0.0931. The highest BCUT2D eigenvalue weighted by Gasteiger charge is 2.27. The van der Waals surface area contributed by atoms with Gasteiger partial charge in [-0.05, 0) is 53.8 Å². The summed E-state index contributed by atoms with van der Waals surface area (Å²) in [5.74, 6) is -2.74. The number of carbonyl (C=O) groups excluding carboxylic acids is 2. The summed E-state index contributed by atoms with van der Waals surface area (Å²) in [6.45, 7) is -0.157. The molecule has 0 bridgehead atoms. The maximum atomic E-state index is 14.4. The molecule has 0 aliphatic heterocycles. The van der Waals surface area contributed by atoms with E-state index in [-0.39, 0.29) is 52.6 Å². The van der Waals surface area contributed by atoms with Crippen LogP contribution < -0.4 is 44.0 Å². The standard InChI is InChI=1S/C29H21FN10O7/c30-15-5-1-11(7-17(15)33-21-20(31)22(41)23(21)42)10-32-26(44)19-9-18(35-27-37-38-28(45)40(19)27)25(43)34-16-6-3-12-8-13(2-4-14(12)16)24-36-29(46)47-39-24/h1-2,4-5,7-9,16,33H,3,6,10,31H2,(H,32,44)(H,34,43)(H,38,45)(H,36,39,46)/t16-/m0/s1. The van der Waals surface area contributed by atoms with Crippen molar-refractivity contribution in [3.05, 3.63) is 118 Å². The highest BCUT2D eigenvalue weighted by atomic mass is 19.1. The van der Waals surface area contributed by atoms with Crippen molar-refractivity contribution in [1.29, 1.82) is 0 Å². The monoisotopic (exact) mass is 640 g/mol. The van der Waals surface area contributed by atoms with E-state index >= 15 is 0 Å². The Morgan fingerprint density at radius 3 is 2.66 bits per heavy atom. The number of amides is 2. The average Bonchev–Trinajstić information content (AvgIpc) is 3.80. The summed E-state index contributed by atoms with van der Waals surface area (Å²) in [6.07, 6.45) is 1.20. The summed E-state index contributed by atoms with van der Waals surface area (Å²) < 4.78 is 19.9. The number of nitrogens with two attached hydrogens (primary N) is 1. The van der Waals surface area contributed by atoms with Crippen LogP contribution in [0.4, 0.5) is 21.5 Å². The third-order valence-corrected chi connectivity index (χ3v) is 7.79.